The second-order valence-corrected chi connectivity index (χ2v) is 5.82. The predicted molar refractivity (Wildman–Crippen MR) is 75.8 cm³/mol. The highest BCUT2D eigenvalue weighted by Gasteiger charge is 2.30. The molecule has 3 nitrogen and oxygen atoms in total. The van der Waals surface area contributed by atoms with Crippen molar-refractivity contribution >= 4 is 17.7 Å². The van der Waals surface area contributed by atoms with Crippen LogP contribution in [0.1, 0.15) is 52.9 Å². The Kier molecular flexibility index (Phi) is 9.65. The molecule has 0 aromatic rings. The van der Waals surface area contributed by atoms with Crippen LogP contribution in [0.15, 0.2) is 0 Å². The molecule has 0 rings (SSSR count). The van der Waals surface area contributed by atoms with Gasteiger partial charge in [-0.2, -0.15) is 11.8 Å². The maximum atomic E-state index is 11.1. The van der Waals surface area contributed by atoms with E-state index in [1.54, 1.807) is 6.92 Å². The zero-order chi connectivity index (χ0) is 13.1. The monoisotopic (exact) mass is 261 g/mol. The smallest absolute Gasteiger partial charge is 0.323 e. The molecule has 0 saturated carbocycles. The van der Waals surface area contributed by atoms with Crippen LogP contribution < -0.4 is 5.32 Å². The van der Waals surface area contributed by atoms with E-state index in [2.05, 4.69) is 12.2 Å². The first kappa shape index (κ1) is 16.8. The highest BCUT2D eigenvalue weighted by molar-refractivity contribution is 7.99. The zero-order valence-electron chi connectivity index (χ0n) is 11.4. The van der Waals surface area contributed by atoms with E-state index in [1.165, 1.54) is 18.6 Å². The summed E-state index contributed by atoms with van der Waals surface area (Å²) in [5, 5.41) is 12.2. The average Bonchev–Trinajstić information content (AvgIpc) is 2.28. The van der Waals surface area contributed by atoms with Crippen molar-refractivity contribution in [2.24, 2.45) is 0 Å². The molecular weight excluding hydrogens is 234 g/mol. The molecule has 0 amide bonds. The fraction of sp³-hybridized carbons (Fsp3) is 0.923. The molecule has 0 aliphatic heterocycles. The van der Waals surface area contributed by atoms with Gasteiger partial charge in [-0.25, -0.2) is 0 Å². The summed E-state index contributed by atoms with van der Waals surface area (Å²) in [6.45, 7) is 6.63. The van der Waals surface area contributed by atoms with Crippen molar-refractivity contribution in [1.29, 1.82) is 0 Å². The topological polar surface area (TPSA) is 49.3 Å². The molecule has 4 heteroatoms. The molecule has 0 aliphatic rings. The van der Waals surface area contributed by atoms with Crippen molar-refractivity contribution in [2.45, 2.75) is 58.4 Å². The molecule has 0 aliphatic carbocycles. The molecule has 17 heavy (non-hydrogen) atoms. The number of hydrogen-bond donors (Lipinski definition) is 2. The van der Waals surface area contributed by atoms with Crippen molar-refractivity contribution in [3.8, 4) is 0 Å². The van der Waals surface area contributed by atoms with Gasteiger partial charge < -0.3 is 10.4 Å². The summed E-state index contributed by atoms with van der Waals surface area (Å²) in [4.78, 5) is 11.1. The zero-order valence-corrected chi connectivity index (χ0v) is 12.2. The van der Waals surface area contributed by atoms with E-state index in [0.29, 0.717) is 13.0 Å². The van der Waals surface area contributed by atoms with Gasteiger partial charge in [-0.05, 0) is 44.2 Å². The molecular formula is C13H27NO2S. The highest BCUT2D eigenvalue weighted by atomic mass is 32.2. The number of thioether (sulfide) groups is 1. The van der Waals surface area contributed by atoms with E-state index in [1.807, 2.05) is 18.7 Å². The molecule has 0 radical (unpaired) electrons. The molecule has 1 unspecified atom stereocenters. The fourth-order valence-electron chi connectivity index (χ4n) is 1.69. The van der Waals surface area contributed by atoms with Crippen molar-refractivity contribution in [1.82, 2.24) is 5.32 Å². The van der Waals surface area contributed by atoms with Gasteiger partial charge in [0.05, 0.1) is 0 Å². The van der Waals surface area contributed by atoms with E-state index < -0.39 is 11.5 Å². The van der Waals surface area contributed by atoms with Crippen LogP contribution in [0.4, 0.5) is 0 Å². The van der Waals surface area contributed by atoms with Gasteiger partial charge in [0, 0.05) is 0 Å². The summed E-state index contributed by atoms with van der Waals surface area (Å²) in [7, 11) is 0. The van der Waals surface area contributed by atoms with Gasteiger partial charge in [0.1, 0.15) is 5.54 Å². The molecule has 1 atom stereocenters. The van der Waals surface area contributed by atoms with Crippen LogP contribution in [0, 0.1) is 0 Å². The van der Waals surface area contributed by atoms with Crippen molar-refractivity contribution in [3.05, 3.63) is 0 Å². The Hall–Kier alpha value is -0.220. The largest absolute Gasteiger partial charge is 0.480 e. The summed E-state index contributed by atoms with van der Waals surface area (Å²) in [5.41, 5.74) is -0.747. The van der Waals surface area contributed by atoms with Crippen LogP contribution in [0.3, 0.4) is 0 Å². The maximum absolute atomic E-state index is 11.1. The lowest BCUT2D eigenvalue weighted by atomic mass is 9.95. The average molecular weight is 261 g/mol. The molecule has 0 saturated heterocycles. The first-order valence-electron chi connectivity index (χ1n) is 6.63. The third-order valence-electron chi connectivity index (χ3n) is 2.90. The third-order valence-corrected chi connectivity index (χ3v) is 4.05. The van der Waals surface area contributed by atoms with Crippen LogP contribution in [0.25, 0.3) is 0 Å². The van der Waals surface area contributed by atoms with Crippen LogP contribution in [0.5, 0.6) is 0 Å². The summed E-state index contributed by atoms with van der Waals surface area (Å²) in [6, 6.07) is 0. The number of likely N-dealkylation sites (N-methyl/N-ethyl adjacent to an activating group) is 1. The summed E-state index contributed by atoms with van der Waals surface area (Å²) in [6.07, 6.45) is 5.35. The second-order valence-electron chi connectivity index (χ2n) is 4.59. The normalized spacial score (nSPS) is 14.5. The Morgan fingerprint density at radius 1 is 1.24 bits per heavy atom. The van der Waals surface area contributed by atoms with Gasteiger partial charge in [0.25, 0.3) is 0 Å². The van der Waals surface area contributed by atoms with Crippen LogP contribution in [0.2, 0.25) is 0 Å². The van der Waals surface area contributed by atoms with E-state index in [4.69, 9.17) is 5.11 Å². The summed E-state index contributed by atoms with van der Waals surface area (Å²) < 4.78 is 0. The fourth-order valence-corrected chi connectivity index (χ4v) is 2.80. The van der Waals surface area contributed by atoms with Crippen molar-refractivity contribution in [3.63, 3.8) is 0 Å². The van der Waals surface area contributed by atoms with E-state index in [9.17, 15) is 4.79 Å². The Balaban J connectivity index is 3.65. The summed E-state index contributed by atoms with van der Waals surface area (Å²) >= 11 is 1.98. The van der Waals surface area contributed by atoms with E-state index in [-0.39, 0.29) is 0 Å². The van der Waals surface area contributed by atoms with Gasteiger partial charge in [0.2, 0.25) is 0 Å². The van der Waals surface area contributed by atoms with Gasteiger partial charge in [-0.15, -0.1) is 0 Å². The summed E-state index contributed by atoms with van der Waals surface area (Å²) in [5.74, 6) is 1.65. The third kappa shape index (κ3) is 7.66. The van der Waals surface area contributed by atoms with E-state index in [0.717, 1.165) is 18.6 Å². The first-order chi connectivity index (χ1) is 8.06. The number of carbonyl (C=O) groups is 1. The first-order valence-corrected chi connectivity index (χ1v) is 7.78. The number of aliphatic carboxylic acids is 1. The van der Waals surface area contributed by atoms with Crippen molar-refractivity contribution in [2.75, 3.05) is 18.1 Å². The predicted octanol–water partition coefficient (Wildman–Crippen LogP) is 3.14. The quantitative estimate of drug-likeness (QED) is 0.561. The minimum absolute atomic E-state index is 0.702. The molecule has 0 fully saturated rings. The minimum Gasteiger partial charge on any atom is -0.480 e. The standard InChI is InChI=1S/C13H27NO2S/c1-4-6-10-17-11-8-7-9-13(3,12(15)16)14-5-2/h14H,4-11H2,1-3H3,(H,15,16). The van der Waals surface area contributed by atoms with E-state index >= 15 is 0 Å². The Morgan fingerprint density at radius 2 is 1.88 bits per heavy atom. The van der Waals surface area contributed by atoms with Crippen LogP contribution in [-0.4, -0.2) is 34.7 Å². The molecule has 102 valence electrons. The number of rotatable bonds is 11. The Labute approximate surface area is 110 Å². The second kappa shape index (κ2) is 9.77. The molecule has 0 aromatic carbocycles. The lowest BCUT2D eigenvalue weighted by Crippen LogP contribution is -2.49. The van der Waals surface area contributed by atoms with Gasteiger partial charge in [-0.3, -0.25) is 4.79 Å². The Morgan fingerprint density at radius 3 is 2.41 bits per heavy atom. The maximum Gasteiger partial charge on any atom is 0.323 e. The van der Waals surface area contributed by atoms with Gasteiger partial charge in [-0.1, -0.05) is 26.7 Å². The minimum atomic E-state index is -0.747. The lowest BCUT2D eigenvalue weighted by Gasteiger charge is -2.25. The molecule has 2 N–H and O–H groups in total. The Bertz CT molecular complexity index is 212. The SMILES string of the molecule is CCCCSCCCCC(C)(NCC)C(=O)O. The highest BCUT2D eigenvalue weighted by Crippen LogP contribution is 2.16. The number of carboxylic acids is 1. The van der Waals surface area contributed by atoms with Crippen LogP contribution >= 0.6 is 11.8 Å². The molecule has 0 aromatic heterocycles. The van der Waals surface area contributed by atoms with Gasteiger partial charge in [0.15, 0.2) is 0 Å². The molecule has 0 heterocycles. The number of hydrogen-bond acceptors (Lipinski definition) is 3. The number of unbranched alkanes of at least 4 members (excludes halogenated alkanes) is 2. The number of carboxylic acid groups (broad SMARTS) is 1. The lowest BCUT2D eigenvalue weighted by molar-refractivity contribution is -0.144. The molecule has 0 spiro atoms. The van der Waals surface area contributed by atoms with Crippen LogP contribution in [-0.2, 0) is 4.79 Å². The number of nitrogens with one attached hydrogen (secondary N) is 1. The van der Waals surface area contributed by atoms with Gasteiger partial charge >= 0.3 is 5.97 Å². The molecule has 0 bridgehead atoms. The van der Waals surface area contributed by atoms with Crippen molar-refractivity contribution < 1.29 is 9.90 Å².